The summed E-state index contributed by atoms with van der Waals surface area (Å²) in [6, 6.07) is 9.42. The van der Waals surface area contributed by atoms with Crippen molar-refractivity contribution in [3.8, 4) is 0 Å². The molecule has 0 radical (unpaired) electrons. The smallest absolute Gasteiger partial charge is 0.307 e. The molecule has 0 spiro atoms. The van der Waals surface area contributed by atoms with Crippen LogP contribution in [0.2, 0.25) is 5.02 Å². The highest BCUT2D eigenvalue weighted by molar-refractivity contribution is 7.89. The van der Waals surface area contributed by atoms with Crippen LogP contribution in [0.1, 0.15) is 30.9 Å². The standard InChI is InChI=1S/C21H24ClN3O5S/c1-30-20(26)13-19(17-6-2-3-7-18(17)22)24-21(27)15-8-11-25(12-9-15)31(28,29)16-5-4-10-23-14-16/h2-7,10,14-15,19H,8-9,11-13H2,1H3,(H,24,27). The van der Waals surface area contributed by atoms with Gasteiger partial charge in [0, 0.05) is 36.4 Å². The molecule has 0 aliphatic carbocycles. The van der Waals surface area contributed by atoms with E-state index in [2.05, 4.69) is 10.3 Å². The summed E-state index contributed by atoms with van der Waals surface area (Å²) in [6.07, 6.45) is 3.52. The zero-order chi connectivity index (χ0) is 22.4. The maximum absolute atomic E-state index is 12.9. The first-order valence-corrected chi connectivity index (χ1v) is 11.7. The van der Waals surface area contributed by atoms with E-state index in [1.165, 1.54) is 29.9 Å². The number of carbonyl (C=O) groups is 2. The van der Waals surface area contributed by atoms with E-state index >= 15 is 0 Å². The number of ether oxygens (including phenoxy) is 1. The van der Waals surface area contributed by atoms with Gasteiger partial charge in [0.25, 0.3) is 0 Å². The number of nitrogens with zero attached hydrogens (tertiary/aromatic N) is 2. The van der Waals surface area contributed by atoms with Crippen LogP contribution < -0.4 is 5.32 Å². The highest BCUT2D eigenvalue weighted by atomic mass is 35.5. The third kappa shape index (κ3) is 5.61. The summed E-state index contributed by atoms with van der Waals surface area (Å²) < 4.78 is 31.6. The van der Waals surface area contributed by atoms with E-state index in [4.69, 9.17) is 16.3 Å². The largest absolute Gasteiger partial charge is 0.469 e. The number of piperidine rings is 1. The second-order valence-electron chi connectivity index (χ2n) is 7.23. The molecule has 166 valence electrons. The molecule has 2 aromatic rings. The topological polar surface area (TPSA) is 106 Å². The molecule has 1 aromatic carbocycles. The quantitative estimate of drug-likeness (QED) is 0.630. The number of hydrogen-bond acceptors (Lipinski definition) is 6. The fraction of sp³-hybridized carbons (Fsp3) is 0.381. The third-order valence-corrected chi connectivity index (χ3v) is 7.52. The van der Waals surface area contributed by atoms with Crippen LogP contribution in [0.5, 0.6) is 0 Å². The van der Waals surface area contributed by atoms with Gasteiger partial charge in [0.1, 0.15) is 4.90 Å². The highest BCUT2D eigenvalue weighted by Crippen LogP contribution is 2.28. The van der Waals surface area contributed by atoms with Gasteiger partial charge in [-0.05, 0) is 36.6 Å². The van der Waals surface area contributed by atoms with Gasteiger partial charge in [-0.1, -0.05) is 29.8 Å². The number of amides is 1. The van der Waals surface area contributed by atoms with Gasteiger partial charge in [-0.15, -0.1) is 0 Å². The Morgan fingerprint density at radius 3 is 2.55 bits per heavy atom. The van der Waals surface area contributed by atoms with Crippen molar-refractivity contribution >= 4 is 33.5 Å². The summed E-state index contributed by atoms with van der Waals surface area (Å²) in [5.74, 6) is -1.09. The lowest BCUT2D eigenvalue weighted by Crippen LogP contribution is -2.44. The van der Waals surface area contributed by atoms with E-state index in [1.54, 1.807) is 30.3 Å². The third-order valence-electron chi connectivity index (χ3n) is 5.29. The lowest BCUT2D eigenvalue weighted by molar-refractivity contribution is -0.141. The molecule has 1 atom stereocenters. The number of rotatable bonds is 7. The van der Waals surface area contributed by atoms with Gasteiger partial charge in [0.15, 0.2) is 0 Å². The monoisotopic (exact) mass is 465 g/mol. The van der Waals surface area contributed by atoms with Crippen LogP contribution in [0.15, 0.2) is 53.7 Å². The van der Waals surface area contributed by atoms with Crippen molar-refractivity contribution in [3.63, 3.8) is 0 Å². The summed E-state index contributed by atoms with van der Waals surface area (Å²) in [5.41, 5.74) is 0.625. The SMILES string of the molecule is COC(=O)CC(NC(=O)C1CCN(S(=O)(=O)c2cccnc2)CC1)c1ccccc1Cl. The molecule has 1 unspecified atom stereocenters. The number of sulfonamides is 1. The Morgan fingerprint density at radius 1 is 1.23 bits per heavy atom. The predicted octanol–water partition coefficient (Wildman–Crippen LogP) is 2.56. The van der Waals surface area contributed by atoms with Gasteiger partial charge in [0.05, 0.1) is 19.6 Å². The minimum atomic E-state index is -3.64. The van der Waals surface area contributed by atoms with Crippen molar-refractivity contribution in [2.75, 3.05) is 20.2 Å². The van der Waals surface area contributed by atoms with E-state index in [-0.39, 0.29) is 36.2 Å². The number of methoxy groups -OCH3 is 1. The van der Waals surface area contributed by atoms with E-state index < -0.39 is 22.0 Å². The molecule has 0 saturated carbocycles. The zero-order valence-electron chi connectivity index (χ0n) is 17.0. The molecular weight excluding hydrogens is 442 g/mol. The second kappa shape index (κ2) is 10.2. The molecule has 2 heterocycles. The lowest BCUT2D eigenvalue weighted by Gasteiger charge is -2.31. The minimum Gasteiger partial charge on any atom is -0.469 e. The van der Waals surface area contributed by atoms with Crippen molar-refractivity contribution in [2.24, 2.45) is 5.92 Å². The zero-order valence-corrected chi connectivity index (χ0v) is 18.6. The number of carbonyl (C=O) groups excluding carboxylic acids is 2. The Balaban J connectivity index is 1.66. The first-order chi connectivity index (χ1) is 14.8. The molecule has 10 heteroatoms. The highest BCUT2D eigenvalue weighted by Gasteiger charge is 2.33. The maximum atomic E-state index is 12.9. The molecule has 1 aliphatic heterocycles. The van der Waals surface area contributed by atoms with Crippen LogP contribution in [-0.2, 0) is 24.3 Å². The summed E-state index contributed by atoms with van der Waals surface area (Å²) in [7, 11) is -2.36. The lowest BCUT2D eigenvalue weighted by atomic mass is 9.95. The molecule has 1 fully saturated rings. The maximum Gasteiger partial charge on any atom is 0.307 e. The normalized spacial score (nSPS) is 16.5. The molecule has 1 N–H and O–H groups in total. The molecule has 1 amide bonds. The van der Waals surface area contributed by atoms with Crippen LogP contribution in [0.4, 0.5) is 0 Å². The number of halogens is 1. The van der Waals surface area contributed by atoms with Gasteiger partial charge in [-0.25, -0.2) is 8.42 Å². The van der Waals surface area contributed by atoms with Crippen LogP contribution in [-0.4, -0.2) is 49.8 Å². The molecule has 3 rings (SSSR count). The van der Waals surface area contributed by atoms with Crippen LogP contribution in [0.25, 0.3) is 0 Å². The van der Waals surface area contributed by atoms with E-state index in [9.17, 15) is 18.0 Å². The Labute approximate surface area is 186 Å². The Kier molecular flexibility index (Phi) is 7.64. The number of esters is 1. The van der Waals surface area contributed by atoms with Crippen molar-refractivity contribution < 1.29 is 22.7 Å². The number of aromatic nitrogens is 1. The molecular formula is C21H24ClN3O5S. The van der Waals surface area contributed by atoms with Crippen LogP contribution in [0, 0.1) is 5.92 Å². The van der Waals surface area contributed by atoms with Gasteiger partial charge in [-0.3, -0.25) is 14.6 Å². The van der Waals surface area contributed by atoms with Crippen LogP contribution >= 0.6 is 11.6 Å². The van der Waals surface area contributed by atoms with Crippen molar-refractivity contribution in [2.45, 2.75) is 30.2 Å². The molecule has 1 aromatic heterocycles. The molecule has 0 bridgehead atoms. The second-order valence-corrected chi connectivity index (χ2v) is 9.58. The Hall–Kier alpha value is -2.49. The number of nitrogens with one attached hydrogen (secondary N) is 1. The molecule has 1 aliphatic rings. The van der Waals surface area contributed by atoms with Crippen molar-refractivity contribution in [1.82, 2.24) is 14.6 Å². The van der Waals surface area contributed by atoms with Crippen LogP contribution in [0.3, 0.4) is 0 Å². The number of pyridine rings is 1. The summed E-state index contributed by atoms with van der Waals surface area (Å²) in [5, 5.41) is 3.33. The number of benzene rings is 1. The molecule has 1 saturated heterocycles. The van der Waals surface area contributed by atoms with E-state index in [0.29, 0.717) is 23.4 Å². The van der Waals surface area contributed by atoms with Crippen molar-refractivity contribution in [3.05, 3.63) is 59.4 Å². The average molecular weight is 466 g/mol. The fourth-order valence-corrected chi connectivity index (χ4v) is 5.24. The van der Waals surface area contributed by atoms with Gasteiger partial charge in [-0.2, -0.15) is 4.31 Å². The Bertz CT molecular complexity index is 1020. The first kappa shape index (κ1) is 23.2. The van der Waals surface area contributed by atoms with Gasteiger partial charge >= 0.3 is 5.97 Å². The fourth-order valence-electron chi connectivity index (χ4n) is 3.54. The van der Waals surface area contributed by atoms with E-state index in [1.807, 2.05) is 0 Å². The predicted molar refractivity (Wildman–Crippen MR) is 115 cm³/mol. The van der Waals surface area contributed by atoms with Gasteiger partial charge in [0.2, 0.25) is 15.9 Å². The van der Waals surface area contributed by atoms with E-state index in [0.717, 1.165) is 0 Å². The summed E-state index contributed by atoms with van der Waals surface area (Å²) in [4.78, 5) is 28.8. The average Bonchev–Trinajstić information content (AvgIpc) is 2.79. The Morgan fingerprint density at radius 2 is 1.94 bits per heavy atom. The minimum absolute atomic E-state index is 0.0554. The molecule has 8 nitrogen and oxygen atoms in total. The first-order valence-electron chi connectivity index (χ1n) is 9.84. The summed E-state index contributed by atoms with van der Waals surface area (Å²) >= 11 is 6.26. The molecule has 31 heavy (non-hydrogen) atoms. The van der Waals surface area contributed by atoms with Gasteiger partial charge < -0.3 is 10.1 Å². The number of hydrogen-bond donors (Lipinski definition) is 1. The van der Waals surface area contributed by atoms with Crippen molar-refractivity contribution in [1.29, 1.82) is 0 Å². The summed E-state index contributed by atoms with van der Waals surface area (Å²) in [6.45, 7) is 0.451.